The lowest BCUT2D eigenvalue weighted by atomic mass is 10.1. The van der Waals surface area contributed by atoms with E-state index in [0.29, 0.717) is 5.82 Å². The standard InChI is InChI=1S/C9H18N4O2S/c1-6(2)8(4-10)13-16(14,15)9-5-11-7(3)12-9/h5-6,8,13H,4,10H2,1-3H3,(H,11,12). The summed E-state index contributed by atoms with van der Waals surface area (Å²) in [5.74, 6) is 0.706. The van der Waals surface area contributed by atoms with E-state index in [1.807, 2.05) is 13.8 Å². The summed E-state index contributed by atoms with van der Waals surface area (Å²) in [7, 11) is -3.54. The summed E-state index contributed by atoms with van der Waals surface area (Å²) in [5, 5.41) is 0.0732. The minimum atomic E-state index is -3.54. The molecule has 0 saturated carbocycles. The predicted octanol–water partition coefficient (Wildman–Crippen LogP) is -0.0203. The average molecular weight is 246 g/mol. The topological polar surface area (TPSA) is 101 Å². The monoisotopic (exact) mass is 246 g/mol. The summed E-state index contributed by atoms with van der Waals surface area (Å²) in [6.07, 6.45) is 1.30. The zero-order valence-corrected chi connectivity index (χ0v) is 10.5. The summed E-state index contributed by atoms with van der Waals surface area (Å²) in [4.78, 5) is 6.54. The molecule has 0 aliphatic carbocycles. The van der Waals surface area contributed by atoms with Gasteiger partial charge in [-0.1, -0.05) is 13.8 Å². The van der Waals surface area contributed by atoms with Gasteiger partial charge in [-0.2, -0.15) is 0 Å². The Morgan fingerprint density at radius 1 is 1.56 bits per heavy atom. The highest BCUT2D eigenvalue weighted by atomic mass is 32.2. The molecule has 0 aliphatic rings. The van der Waals surface area contributed by atoms with Crippen molar-refractivity contribution in [3.63, 3.8) is 0 Å². The van der Waals surface area contributed by atoms with Crippen LogP contribution in [0.5, 0.6) is 0 Å². The van der Waals surface area contributed by atoms with Crippen molar-refractivity contribution in [1.82, 2.24) is 14.7 Å². The molecule has 0 fully saturated rings. The van der Waals surface area contributed by atoms with Crippen LogP contribution in [-0.4, -0.2) is 31.0 Å². The molecule has 16 heavy (non-hydrogen) atoms. The minimum absolute atomic E-state index is 0.0732. The molecule has 1 aromatic rings. The molecule has 0 radical (unpaired) electrons. The number of imidazole rings is 1. The van der Waals surface area contributed by atoms with Crippen LogP contribution in [0.3, 0.4) is 0 Å². The highest BCUT2D eigenvalue weighted by Crippen LogP contribution is 2.08. The van der Waals surface area contributed by atoms with Crippen LogP contribution < -0.4 is 10.5 Å². The first-order chi connectivity index (χ1) is 7.36. The molecule has 7 heteroatoms. The molecule has 0 aromatic carbocycles. The zero-order chi connectivity index (χ0) is 12.3. The molecule has 0 amide bonds. The second kappa shape index (κ2) is 4.94. The quantitative estimate of drug-likeness (QED) is 0.679. The fourth-order valence-corrected chi connectivity index (χ4v) is 2.62. The van der Waals surface area contributed by atoms with Gasteiger partial charge in [0, 0.05) is 12.6 Å². The molecule has 92 valence electrons. The molecule has 1 rings (SSSR count). The highest BCUT2D eigenvalue weighted by Gasteiger charge is 2.22. The lowest BCUT2D eigenvalue weighted by Crippen LogP contribution is -2.43. The van der Waals surface area contributed by atoms with E-state index in [-0.39, 0.29) is 23.5 Å². The average Bonchev–Trinajstić information content (AvgIpc) is 2.61. The molecular weight excluding hydrogens is 228 g/mol. The fourth-order valence-electron chi connectivity index (χ4n) is 1.25. The first-order valence-electron chi connectivity index (χ1n) is 5.11. The summed E-state index contributed by atoms with van der Waals surface area (Å²) >= 11 is 0. The van der Waals surface area contributed by atoms with Gasteiger partial charge in [-0.05, 0) is 12.8 Å². The Morgan fingerprint density at radius 3 is 2.56 bits per heavy atom. The number of H-pyrrole nitrogens is 1. The molecular formula is C9H18N4O2S. The van der Waals surface area contributed by atoms with Crippen LogP contribution in [0.25, 0.3) is 0 Å². The Labute approximate surface area is 95.7 Å². The third-order valence-corrected chi connectivity index (χ3v) is 3.73. The number of nitrogens with two attached hydrogens (primary N) is 1. The largest absolute Gasteiger partial charge is 0.332 e. The van der Waals surface area contributed by atoms with Crippen LogP contribution in [0.4, 0.5) is 0 Å². The third kappa shape index (κ3) is 3.03. The number of hydrogen-bond donors (Lipinski definition) is 3. The van der Waals surface area contributed by atoms with E-state index in [1.54, 1.807) is 6.92 Å². The molecule has 1 atom stereocenters. The molecule has 0 saturated heterocycles. The molecule has 6 nitrogen and oxygen atoms in total. The van der Waals surface area contributed by atoms with Gasteiger partial charge in [0.15, 0.2) is 5.03 Å². The van der Waals surface area contributed by atoms with E-state index < -0.39 is 10.0 Å². The van der Waals surface area contributed by atoms with E-state index in [4.69, 9.17) is 5.73 Å². The van der Waals surface area contributed by atoms with Crippen molar-refractivity contribution < 1.29 is 8.42 Å². The van der Waals surface area contributed by atoms with Gasteiger partial charge in [0.25, 0.3) is 10.0 Å². The number of hydrogen-bond acceptors (Lipinski definition) is 4. The number of nitrogens with one attached hydrogen (secondary N) is 2. The number of sulfonamides is 1. The summed E-state index contributed by atoms with van der Waals surface area (Å²) in [5.41, 5.74) is 5.51. The number of rotatable bonds is 5. The molecule has 0 spiro atoms. The van der Waals surface area contributed by atoms with Crippen LogP contribution in [-0.2, 0) is 10.0 Å². The van der Waals surface area contributed by atoms with Crippen molar-refractivity contribution in [3.05, 3.63) is 12.0 Å². The van der Waals surface area contributed by atoms with E-state index in [9.17, 15) is 8.42 Å². The Bertz CT molecular complexity index is 438. The summed E-state index contributed by atoms with van der Waals surface area (Å²) in [6.45, 7) is 5.79. The Balaban J connectivity index is 2.87. The van der Waals surface area contributed by atoms with Crippen molar-refractivity contribution in [1.29, 1.82) is 0 Å². The first-order valence-corrected chi connectivity index (χ1v) is 6.59. The first kappa shape index (κ1) is 13.1. The van der Waals surface area contributed by atoms with E-state index in [1.165, 1.54) is 6.20 Å². The molecule has 1 heterocycles. The lowest BCUT2D eigenvalue weighted by molar-refractivity contribution is 0.454. The molecule has 0 aliphatic heterocycles. The van der Waals surface area contributed by atoms with Gasteiger partial charge in [-0.3, -0.25) is 0 Å². The Morgan fingerprint density at radius 2 is 2.19 bits per heavy atom. The van der Waals surface area contributed by atoms with Gasteiger partial charge in [0.2, 0.25) is 0 Å². The zero-order valence-electron chi connectivity index (χ0n) is 9.69. The summed E-state index contributed by atoms with van der Waals surface area (Å²) < 4.78 is 26.3. The van der Waals surface area contributed by atoms with Crippen molar-refractivity contribution in [2.75, 3.05) is 6.54 Å². The van der Waals surface area contributed by atoms with Crippen LogP contribution in [0, 0.1) is 12.8 Å². The maximum Gasteiger partial charge on any atom is 0.257 e. The smallest absolute Gasteiger partial charge is 0.257 e. The van der Waals surface area contributed by atoms with Crippen LogP contribution in [0.15, 0.2) is 11.2 Å². The number of aromatic nitrogens is 2. The number of aromatic amines is 1. The Kier molecular flexibility index (Phi) is 4.06. The highest BCUT2D eigenvalue weighted by molar-refractivity contribution is 7.89. The molecule has 1 aromatic heterocycles. The van der Waals surface area contributed by atoms with Crippen LogP contribution >= 0.6 is 0 Å². The van der Waals surface area contributed by atoms with Crippen molar-refractivity contribution >= 4 is 10.0 Å². The van der Waals surface area contributed by atoms with Crippen LogP contribution in [0.2, 0.25) is 0 Å². The number of nitrogens with zero attached hydrogens (tertiary/aromatic N) is 1. The Hall–Kier alpha value is -0.920. The number of aryl methyl sites for hydroxylation is 1. The fraction of sp³-hybridized carbons (Fsp3) is 0.667. The molecule has 0 bridgehead atoms. The van der Waals surface area contributed by atoms with E-state index in [2.05, 4.69) is 14.7 Å². The molecule has 4 N–H and O–H groups in total. The maximum absolute atomic E-state index is 11.9. The van der Waals surface area contributed by atoms with Crippen molar-refractivity contribution in [3.8, 4) is 0 Å². The van der Waals surface area contributed by atoms with Gasteiger partial charge in [-0.15, -0.1) is 0 Å². The van der Waals surface area contributed by atoms with Gasteiger partial charge < -0.3 is 10.7 Å². The van der Waals surface area contributed by atoms with Gasteiger partial charge in [-0.25, -0.2) is 18.1 Å². The second-order valence-electron chi connectivity index (χ2n) is 4.04. The van der Waals surface area contributed by atoms with Gasteiger partial charge >= 0.3 is 0 Å². The molecule has 1 unspecified atom stereocenters. The lowest BCUT2D eigenvalue weighted by Gasteiger charge is -2.19. The maximum atomic E-state index is 11.9. The van der Waals surface area contributed by atoms with Gasteiger partial charge in [0.1, 0.15) is 5.82 Å². The van der Waals surface area contributed by atoms with E-state index in [0.717, 1.165) is 0 Å². The van der Waals surface area contributed by atoms with Gasteiger partial charge in [0.05, 0.1) is 6.20 Å². The minimum Gasteiger partial charge on any atom is -0.332 e. The third-order valence-electron chi connectivity index (χ3n) is 2.33. The van der Waals surface area contributed by atoms with Crippen molar-refractivity contribution in [2.24, 2.45) is 11.7 Å². The SMILES string of the molecule is Cc1ncc(S(=O)(=O)NC(CN)C(C)C)[nH]1. The summed E-state index contributed by atoms with van der Waals surface area (Å²) in [6, 6.07) is -0.270. The normalized spacial score (nSPS) is 14.3. The predicted molar refractivity (Wildman–Crippen MR) is 61.3 cm³/mol. The van der Waals surface area contributed by atoms with Crippen molar-refractivity contribution in [2.45, 2.75) is 31.8 Å². The van der Waals surface area contributed by atoms with E-state index >= 15 is 0 Å². The van der Waals surface area contributed by atoms with Crippen LogP contribution in [0.1, 0.15) is 19.7 Å². The second-order valence-corrected chi connectivity index (χ2v) is 5.72.